The van der Waals surface area contributed by atoms with Crippen molar-refractivity contribution in [2.45, 2.75) is 24.3 Å². The summed E-state index contributed by atoms with van der Waals surface area (Å²) in [4.78, 5) is 26.3. The maximum absolute atomic E-state index is 13.0. The smallest absolute Gasteiger partial charge is 0.338 e. The monoisotopic (exact) mass is 494 g/mol. The SMILES string of the molecule is CCN(C(=O)COC(=O)c1cccc(S(=O)(=O)N(C)c2ccccc2)c1)[C@@H]1CCS(=O)(=O)C1. The van der Waals surface area contributed by atoms with Gasteiger partial charge in [-0.15, -0.1) is 0 Å². The summed E-state index contributed by atoms with van der Waals surface area (Å²) in [6, 6.07) is 13.5. The summed E-state index contributed by atoms with van der Waals surface area (Å²) in [5.41, 5.74) is 0.446. The summed E-state index contributed by atoms with van der Waals surface area (Å²) in [7, 11) is -5.68. The zero-order valence-electron chi connectivity index (χ0n) is 18.4. The zero-order valence-corrected chi connectivity index (χ0v) is 20.0. The van der Waals surface area contributed by atoms with E-state index in [-0.39, 0.29) is 28.5 Å². The van der Waals surface area contributed by atoms with Crippen molar-refractivity contribution in [2.75, 3.05) is 36.0 Å². The molecule has 33 heavy (non-hydrogen) atoms. The molecule has 0 bridgehead atoms. The Morgan fingerprint density at radius 3 is 2.39 bits per heavy atom. The lowest BCUT2D eigenvalue weighted by Crippen LogP contribution is -2.43. The number of para-hydroxylation sites is 1. The highest BCUT2D eigenvalue weighted by Crippen LogP contribution is 2.23. The van der Waals surface area contributed by atoms with Gasteiger partial charge in [0.25, 0.3) is 15.9 Å². The minimum Gasteiger partial charge on any atom is -0.452 e. The Labute approximate surface area is 193 Å². The second-order valence-corrected chi connectivity index (χ2v) is 11.8. The van der Waals surface area contributed by atoms with Gasteiger partial charge in [-0.3, -0.25) is 9.10 Å². The van der Waals surface area contributed by atoms with Gasteiger partial charge in [-0.1, -0.05) is 24.3 Å². The highest BCUT2D eigenvalue weighted by atomic mass is 32.2. The number of carbonyl (C=O) groups is 2. The fraction of sp³-hybridized carbons (Fsp3) is 0.364. The Balaban J connectivity index is 1.69. The molecule has 178 valence electrons. The highest BCUT2D eigenvalue weighted by molar-refractivity contribution is 7.92. The molecule has 0 aromatic heterocycles. The highest BCUT2D eigenvalue weighted by Gasteiger charge is 2.34. The Bertz CT molecular complexity index is 1230. The maximum Gasteiger partial charge on any atom is 0.338 e. The number of benzene rings is 2. The summed E-state index contributed by atoms with van der Waals surface area (Å²) in [6.45, 7) is 1.45. The van der Waals surface area contributed by atoms with Gasteiger partial charge in [0.1, 0.15) is 0 Å². The molecule has 0 saturated carbocycles. The molecular weight excluding hydrogens is 468 g/mol. The third-order valence-electron chi connectivity index (χ3n) is 5.48. The van der Waals surface area contributed by atoms with Crippen molar-refractivity contribution >= 4 is 37.4 Å². The van der Waals surface area contributed by atoms with Gasteiger partial charge in [0, 0.05) is 19.6 Å². The number of hydrogen-bond acceptors (Lipinski definition) is 7. The molecule has 3 rings (SSSR count). The van der Waals surface area contributed by atoms with E-state index in [1.165, 1.54) is 36.2 Å². The third-order valence-corrected chi connectivity index (χ3v) is 9.02. The fourth-order valence-corrected chi connectivity index (χ4v) is 6.64. The molecule has 11 heteroatoms. The van der Waals surface area contributed by atoms with Crippen LogP contribution in [0.25, 0.3) is 0 Å². The molecule has 2 aromatic carbocycles. The fourth-order valence-electron chi connectivity index (χ4n) is 3.67. The molecule has 0 aliphatic carbocycles. The van der Waals surface area contributed by atoms with Gasteiger partial charge in [0.2, 0.25) is 0 Å². The van der Waals surface area contributed by atoms with E-state index in [1.807, 2.05) is 0 Å². The van der Waals surface area contributed by atoms with Crippen molar-refractivity contribution in [1.29, 1.82) is 0 Å². The maximum atomic E-state index is 13.0. The second-order valence-electron chi connectivity index (χ2n) is 7.65. The van der Waals surface area contributed by atoms with Gasteiger partial charge in [0.05, 0.1) is 27.7 Å². The topological polar surface area (TPSA) is 118 Å². The van der Waals surface area contributed by atoms with E-state index < -0.39 is 44.4 Å². The van der Waals surface area contributed by atoms with Crippen LogP contribution in [0.15, 0.2) is 59.5 Å². The van der Waals surface area contributed by atoms with Gasteiger partial charge >= 0.3 is 5.97 Å². The third kappa shape index (κ3) is 5.72. The number of esters is 1. The van der Waals surface area contributed by atoms with Crippen LogP contribution in [0.5, 0.6) is 0 Å². The molecule has 2 aromatic rings. The summed E-state index contributed by atoms with van der Waals surface area (Å²) >= 11 is 0. The van der Waals surface area contributed by atoms with Crippen LogP contribution >= 0.6 is 0 Å². The summed E-state index contributed by atoms with van der Waals surface area (Å²) in [5.74, 6) is -1.42. The first-order chi connectivity index (χ1) is 15.5. The van der Waals surface area contributed by atoms with E-state index in [0.29, 0.717) is 12.1 Å². The predicted molar refractivity (Wildman–Crippen MR) is 123 cm³/mol. The van der Waals surface area contributed by atoms with Crippen molar-refractivity contribution in [3.63, 3.8) is 0 Å². The molecule has 1 saturated heterocycles. The number of sulfonamides is 1. The van der Waals surface area contributed by atoms with Crippen LogP contribution in [0.2, 0.25) is 0 Å². The van der Waals surface area contributed by atoms with Crippen LogP contribution in [0, 0.1) is 0 Å². The average Bonchev–Trinajstić information content (AvgIpc) is 3.17. The van der Waals surface area contributed by atoms with Gasteiger partial charge in [0.15, 0.2) is 16.4 Å². The lowest BCUT2D eigenvalue weighted by molar-refractivity contribution is -0.136. The Morgan fingerprint density at radius 1 is 1.09 bits per heavy atom. The number of nitrogens with zero attached hydrogens (tertiary/aromatic N) is 2. The molecule has 0 unspecified atom stereocenters. The van der Waals surface area contributed by atoms with Gasteiger partial charge in [-0.05, 0) is 43.7 Å². The molecule has 1 fully saturated rings. The minimum absolute atomic E-state index is 0.0168. The van der Waals surface area contributed by atoms with Crippen LogP contribution < -0.4 is 4.31 Å². The predicted octanol–water partition coefficient (Wildman–Crippen LogP) is 1.70. The van der Waals surface area contributed by atoms with E-state index in [9.17, 15) is 26.4 Å². The van der Waals surface area contributed by atoms with E-state index in [4.69, 9.17) is 4.74 Å². The van der Waals surface area contributed by atoms with Gasteiger partial charge < -0.3 is 9.64 Å². The average molecular weight is 495 g/mol. The summed E-state index contributed by atoms with van der Waals surface area (Å²) < 4.78 is 55.6. The van der Waals surface area contributed by atoms with Gasteiger partial charge in [-0.2, -0.15) is 0 Å². The quantitative estimate of drug-likeness (QED) is 0.513. The van der Waals surface area contributed by atoms with E-state index in [2.05, 4.69) is 0 Å². The van der Waals surface area contributed by atoms with Gasteiger partial charge in [-0.25, -0.2) is 21.6 Å². The Hall–Kier alpha value is -2.92. The van der Waals surface area contributed by atoms with Crippen molar-refractivity contribution in [3.8, 4) is 0 Å². The molecule has 1 aliphatic rings. The Kier molecular flexibility index (Phi) is 7.43. The molecule has 1 heterocycles. The molecule has 1 atom stereocenters. The summed E-state index contributed by atoms with van der Waals surface area (Å²) in [6.07, 6.45) is 0.352. The summed E-state index contributed by atoms with van der Waals surface area (Å²) in [5, 5.41) is 0. The minimum atomic E-state index is -3.93. The lowest BCUT2D eigenvalue weighted by atomic mass is 10.2. The van der Waals surface area contributed by atoms with Crippen LogP contribution in [0.4, 0.5) is 5.69 Å². The lowest BCUT2D eigenvalue weighted by Gasteiger charge is -2.26. The molecule has 1 aliphatic heterocycles. The molecular formula is C22H26N2O7S2. The number of ether oxygens (including phenoxy) is 1. The van der Waals surface area contributed by atoms with Crippen LogP contribution in [0.3, 0.4) is 0 Å². The first-order valence-corrected chi connectivity index (χ1v) is 13.6. The standard InChI is InChI=1S/C22H26N2O7S2/c1-3-24(19-12-13-32(27,28)16-19)21(25)15-31-22(26)17-8-7-11-20(14-17)33(29,30)23(2)18-9-5-4-6-10-18/h4-11,14,19H,3,12-13,15-16H2,1-2H3/t19-/m1/s1. The van der Waals surface area contributed by atoms with Crippen LogP contribution in [-0.2, 0) is 29.4 Å². The number of amides is 1. The second kappa shape index (κ2) is 9.92. The number of rotatable bonds is 8. The van der Waals surface area contributed by atoms with Crippen molar-refractivity contribution in [1.82, 2.24) is 4.90 Å². The zero-order chi connectivity index (χ0) is 24.2. The van der Waals surface area contributed by atoms with Crippen molar-refractivity contribution in [2.24, 2.45) is 0 Å². The number of likely N-dealkylation sites (N-methyl/N-ethyl adjacent to an activating group) is 1. The number of sulfone groups is 1. The molecule has 0 N–H and O–H groups in total. The normalized spacial score (nSPS) is 17.3. The van der Waals surface area contributed by atoms with E-state index in [1.54, 1.807) is 37.3 Å². The Morgan fingerprint density at radius 2 is 1.79 bits per heavy atom. The van der Waals surface area contributed by atoms with Crippen LogP contribution in [-0.4, -0.2) is 71.4 Å². The van der Waals surface area contributed by atoms with Crippen molar-refractivity contribution < 1.29 is 31.2 Å². The van der Waals surface area contributed by atoms with E-state index >= 15 is 0 Å². The number of carbonyl (C=O) groups excluding carboxylic acids is 2. The molecule has 0 spiro atoms. The van der Waals surface area contributed by atoms with E-state index in [0.717, 1.165) is 4.31 Å². The first-order valence-electron chi connectivity index (χ1n) is 10.4. The van der Waals surface area contributed by atoms with Crippen molar-refractivity contribution in [3.05, 3.63) is 60.2 Å². The van der Waals surface area contributed by atoms with Crippen LogP contribution in [0.1, 0.15) is 23.7 Å². The number of anilines is 1. The largest absolute Gasteiger partial charge is 0.452 e. The first kappa shape index (κ1) is 24.7. The molecule has 9 nitrogen and oxygen atoms in total. The molecule has 1 amide bonds. The number of hydrogen-bond donors (Lipinski definition) is 0. The molecule has 0 radical (unpaired) electrons.